The number of ether oxygens (including phenoxy) is 2. The maximum atomic E-state index is 12.2. The molecule has 2 rings (SSSR count). The van der Waals surface area contributed by atoms with Crippen molar-refractivity contribution < 1.29 is 19.2 Å². The fourth-order valence-corrected chi connectivity index (χ4v) is 3.07. The van der Waals surface area contributed by atoms with Gasteiger partial charge in [-0.25, -0.2) is 0 Å². The van der Waals surface area contributed by atoms with Crippen molar-refractivity contribution in [3.05, 3.63) is 58.6 Å². The van der Waals surface area contributed by atoms with Gasteiger partial charge in [-0.05, 0) is 57.5 Å². The number of nitro benzene ring substituents is 1. The third-order valence-corrected chi connectivity index (χ3v) is 4.56. The normalized spacial score (nSPS) is 10.8. The van der Waals surface area contributed by atoms with Crippen LogP contribution in [-0.2, 0) is 14.3 Å². The summed E-state index contributed by atoms with van der Waals surface area (Å²) in [6.45, 7) is 6.35. The maximum Gasteiger partial charge on any atom is 0.294 e. The molecule has 1 amide bonds. The summed E-state index contributed by atoms with van der Waals surface area (Å²) in [6, 6.07) is 13.8. The van der Waals surface area contributed by atoms with Crippen LogP contribution in [0.4, 0.5) is 22.7 Å². The molecule has 0 saturated carbocycles. The van der Waals surface area contributed by atoms with Gasteiger partial charge >= 0.3 is 0 Å². The zero-order valence-electron chi connectivity index (χ0n) is 18.6. The average Bonchev–Trinajstić information content (AvgIpc) is 2.78. The van der Waals surface area contributed by atoms with Crippen LogP contribution in [0.5, 0.6) is 0 Å². The molecule has 0 radical (unpaired) electrons. The summed E-state index contributed by atoms with van der Waals surface area (Å²) in [5, 5.41) is 20.4. The van der Waals surface area contributed by atoms with E-state index in [0.717, 1.165) is 25.1 Å². The molecule has 9 nitrogen and oxygen atoms in total. The van der Waals surface area contributed by atoms with Gasteiger partial charge in [-0.15, -0.1) is 0 Å². The zero-order valence-corrected chi connectivity index (χ0v) is 18.6. The van der Waals surface area contributed by atoms with Crippen molar-refractivity contribution >= 4 is 28.7 Å². The molecule has 0 spiro atoms. The largest absolute Gasteiger partial charge is 0.353 e. The summed E-state index contributed by atoms with van der Waals surface area (Å²) in [5.74, 6) is -0.211. The topological polar surface area (TPSA) is 115 Å². The molecule has 0 aliphatic carbocycles. The molecule has 2 aromatic carbocycles. The van der Waals surface area contributed by atoms with Crippen molar-refractivity contribution in [3.63, 3.8) is 0 Å². The van der Waals surface area contributed by atoms with Gasteiger partial charge < -0.3 is 25.4 Å². The summed E-state index contributed by atoms with van der Waals surface area (Å²) in [6.07, 6.45) is 1.73. The lowest BCUT2D eigenvalue weighted by Crippen LogP contribution is -2.24. The smallest absolute Gasteiger partial charge is 0.294 e. The van der Waals surface area contributed by atoms with E-state index in [1.807, 2.05) is 44.2 Å². The van der Waals surface area contributed by atoms with E-state index in [1.54, 1.807) is 12.1 Å². The van der Waals surface area contributed by atoms with E-state index in [1.165, 1.54) is 6.07 Å². The number of carbonyl (C=O) groups excluding carboxylic acids is 1. The quantitative estimate of drug-likeness (QED) is 0.161. The number of rotatable bonds is 15. The van der Waals surface area contributed by atoms with Crippen molar-refractivity contribution in [1.29, 1.82) is 0 Å². The highest BCUT2D eigenvalue weighted by Crippen LogP contribution is 2.30. The van der Waals surface area contributed by atoms with E-state index in [2.05, 4.69) is 16.0 Å². The summed E-state index contributed by atoms with van der Waals surface area (Å²) >= 11 is 0. The van der Waals surface area contributed by atoms with Crippen LogP contribution in [0.3, 0.4) is 0 Å². The Morgan fingerprint density at radius 1 is 1.03 bits per heavy atom. The summed E-state index contributed by atoms with van der Waals surface area (Å²) in [7, 11) is 0. The first-order valence-corrected chi connectivity index (χ1v) is 10.9. The fraction of sp³-hybridized carbons (Fsp3) is 0.435. The Bertz CT molecular complexity index is 842. The van der Waals surface area contributed by atoms with Gasteiger partial charge in [0.1, 0.15) is 5.69 Å². The molecule has 0 saturated heterocycles. The van der Waals surface area contributed by atoms with Crippen LogP contribution in [0, 0.1) is 10.1 Å². The van der Waals surface area contributed by atoms with Crippen LogP contribution in [-0.4, -0.2) is 43.4 Å². The van der Waals surface area contributed by atoms with Gasteiger partial charge in [0.2, 0.25) is 5.91 Å². The molecule has 0 unspecified atom stereocenters. The SMILES string of the molecule is CCOC(CCCNCCC(=O)Nc1ccc(Nc2ccccc2)c([N+](=O)[O-])c1)OCC. The highest BCUT2D eigenvalue weighted by molar-refractivity contribution is 5.92. The lowest BCUT2D eigenvalue weighted by atomic mass is 10.2. The van der Waals surface area contributed by atoms with E-state index < -0.39 is 4.92 Å². The Morgan fingerprint density at radius 3 is 2.41 bits per heavy atom. The number of hydrogen-bond acceptors (Lipinski definition) is 7. The summed E-state index contributed by atoms with van der Waals surface area (Å²) in [5.41, 5.74) is 1.38. The number of nitrogens with zero attached hydrogens (tertiary/aromatic N) is 1. The Kier molecular flexibility index (Phi) is 11.1. The molecule has 0 aromatic heterocycles. The molecular weight excluding hydrogens is 412 g/mol. The molecule has 9 heteroatoms. The van der Waals surface area contributed by atoms with Crippen LogP contribution in [0.2, 0.25) is 0 Å². The van der Waals surface area contributed by atoms with Gasteiger partial charge in [0.15, 0.2) is 6.29 Å². The number of amides is 1. The van der Waals surface area contributed by atoms with Crippen molar-refractivity contribution in [2.45, 2.75) is 39.4 Å². The second-order valence-corrected chi connectivity index (χ2v) is 7.01. The summed E-state index contributed by atoms with van der Waals surface area (Å²) < 4.78 is 11.0. The van der Waals surface area contributed by atoms with Gasteiger partial charge in [-0.1, -0.05) is 18.2 Å². The number of anilines is 3. The minimum Gasteiger partial charge on any atom is -0.353 e. The molecule has 174 valence electrons. The number of benzene rings is 2. The molecule has 2 aromatic rings. The van der Waals surface area contributed by atoms with Gasteiger partial charge in [0.25, 0.3) is 5.69 Å². The van der Waals surface area contributed by atoms with E-state index in [-0.39, 0.29) is 24.3 Å². The van der Waals surface area contributed by atoms with Crippen molar-refractivity contribution in [2.24, 2.45) is 0 Å². The molecule has 0 heterocycles. The molecular formula is C23H32N4O5. The van der Waals surface area contributed by atoms with Crippen LogP contribution in [0.1, 0.15) is 33.1 Å². The Morgan fingerprint density at radius 2 is 1.75 bits per heavy atom. The van der Waals surface area contributed by atoms with Crippen LogP contribution in [0.25, 0.3) is 0 Å². The Labute approximate surface area is 188 Å². The van der Waals surface area contributed by atoms with E-state index >= 15 is 0 Å². The molecule has 0 bridgehead atoms. The standard InChI is InChI=1S/C23H32N4O5/c1-3-31-23(32-4-2)11-8-15-24-16-14-22(28)26-19-12-13-20(21(17-19)27(29)30)25-18-9-6-5-7-10-18/h5-7,9-10,12-13,17,23-25H,3-4,8,11,14-16H2,1-2H3,(H,26,28). The first kappa shape index (κ1) is 25.3. The maximum absolute atomic E-state index is 12.2. The number of nitro groups is 1. The third kappa shape index (κ3) is 9.01. The Balaban J connectivity index is 1.78. The molecule has 0 atom stereocenters. The van der Waals surface area contributed by atoms with Crippen molar-refractivity contribution in [3.8, 4) is 0 Å². The molecule has 0 fully saturated rings. The lowest BCUT2D eigenvalue weighted by Gasteiger charge is -2.16. The van der Waals surface area contributed by atoms with E-state index in [4.69, 9.17) is 9.47 Å². The first-order valence-electron chi connectivity index (χ1n) is 10.9. The minimum atomic E-state index is -0.472. The number of nitrogens with one attached hydrogen (secondary N) is 3. The highest BCUT2D eigenvalue weighted by Gasteiger charge is 2.16. The van der Waals surface area contributed by atoms with E-state index in [0.29, 0.717) is 31.1 Å². The molecule has 3 N–H and O–H groups in total. The predicted octanol–water partition coefficient (Wildman–Crippen LogP) is 4.44. The van der Waals surface area contributed by atoms with Crippen molar-refractivity contribution in [2.75, 3.05) is 36.9 Å². The summed E-state index contributed by atoms with van der Waals surface area (Å²) in [4.78, 5) is 23.2. The van der Waals surface area contributed by atoms with Gasteiger partial charge in [-0.2, -0.15) is 0 Å². The highest BCUT2D eigenvalue weighted by atomic mass is 16.7. The van der Waals surface area contributed by atoms with E-state index in [9.17, 15) is 14.9 Å². The van der Waals surface area contributed by atoms with Crippen LogP contribution in [0.15, 0.2) is 48.5 Å². The van der Waals surface area contributed by atoms with Gasteiger partial charge in [-0.3, -0.25) is 14.9 Å². The van der Waals surface area contributed by atoms with Crippen LogP contribution < -0.4 is 16.0 Å². The zero-order chi connectivity index (χ0) is 23.2. The first-order chi connectivity index (χ1) is 15.5. The number of para-hydroxylation sites is 1. The molecule has 32 heavy (non-hydrogen) atoms. The fourth-order valence-electron chi connectivity index (χ4n) is 3.07. The number of hydrogen-bond donors (Lipinski definition) is 3. The third-order valence-electron chi connectivity index (χ3n) is 4.56. The average molecular weight is 445 g/mol. The van der Waals surface area contributed by atoms with Crippen molar-refractivity contribution in [1.82, 2.24) is 5.32 Å². The second-order valence-electron chi connectivity index (χ2n) is 7.01. The molecule has 0 aliphatic rings. The second kappa shape index (κ2) is 14.1. The molecule has 0 aliphatic heterocycles. The van der Waals surface area contributed by atoms with Gasteiger partial charge in [0, 0.05) is 43.6 Å². The number of carbonyl (C=O) groups is 1. The van der Waals surface area contributed by atoms with Crippen LogP contribution >= 0.6 is 0 Å². The van der Waals surface area contributed by atoms with Gasteiger partial charge in [0.05, 0.1) is 4.92 Å². The Hall–Kier alpha value is -3.01. The predicted molar refractivity (Wildman–Crippen MR) is 125 cm³/mol. The lowest BCUT2D eigenvalue weighted by molar-refractivity contribution is -0.383. The minimum absolute atomic E-state index is 0.108. The monoisotopic (exact) mass is 444 g/mol.